The highest BCUT2D eigenvalue weighted by Gasteiger charge is 2.18. The van der Waals surface area contributed by atoms with E-state index < -0.39 is 10.9 Å². The minimum atomic E-state index is -0.502. The monoisotopic (exact) mass is 396 g/mol. The van der Waals surface area contributed by atoms with Crippen molar-refractivity contribution in [2.45, 2.75) is 46.0 Å². The molecule has 152 valence electrons. The van der Waals surface area contributed by atoms with Gasteiger partial charge in [-0.05, 0) is 24.5 Å². The fraction of sp³-hybridized carbons (Fsp3) is 0.318. The molecule has 0 aliphatic heterocycles. The zero-order chi connectivity index (χ0) is 21.2. The molecular weight excluding hydrogens is 372 g/mol. The molecule has 0 atom stereocenters. The molecule has 7 nitrogen and oxygen atoms in total. The van der Waals surface area contributed by atoms with Gasteiger partial charge in [-0.15, -0.1) is 0 Å². The highest BCUT2D eigenvalue weighted by Crippen LogP contribution is 2.29. The van der Waals surface area contributed by atoms with Crippen molar-refractivity contribution in [1.29, 1.82) is 0 Å². The molecule has 0 unspecified atom stereocenters. The van der Waals surface area contributed by atoms with E-state index in [0.29, 0.717) is 23.1 Å². The van der Waals surface area contributed by atoms with Crippen molar-refractivity contribution in [3.8, 4) is 11.1 Å². The Morgan fingerprint density at radius 3 is 2.34 bits per heavy atom. The van der Waals surface area contributed by atoms with Gasteiger partial charge < -0.3 is 4.84 Å². The summed E-state index contributed by atoms with van der Waals surface area (Å²) in [5.41, 5.74) is 1.69. The van der Waals surface area contributed by atoms with E-state index in [-0.39, 0.29) is 23.6 Å². The van der Waals surface area contributed by atoms with Crippen LogP contribution in [0, 0.1) is 10.1 Å². The van der Waals surface area contributed by atoms with Crippen LogP contribution in [0.4, 0.5) is 5.69 Å². The molecule has 29 heavy (non-hydrogen) atoms. The van der Waals surface area contributed by atoms with Crippen LogP contribution < -0.4 is 0 Å². The van der Waals surface area contributed by atoms with Crippen molar-refractivity contribution < 1.29 is 19.3 Å². The van der Waals surface area contributed by atoms with Crippen molar-refractivity contribution in [2.24, 2.45) is 5.16 Å². The normalized spacial score (nSPS) is 11.2. The lowest BCUT2D eigenvalue weighted by Crippen LogP contribution is -2.16. The molecule has 0 spiro atoms. The summed E-state index contributed by atoms with van der Waals surface area (Å²) in [5, 5.41) is 15.0. The Morgan fingerprint density at radius 2 is 1.72 bits per heavy atom. The lowest BCUT2D eigenvalue weighted by atomic mass is 9.98. The average Bonchev–Trinajstić information content (AvgIpc) is 2.75. The highest BCUT2D eigenvalue weighted by atomic mass is 16.7. The largest absolute Gasteiger partial charge is 0.334 e. The molecule has 0 amide bonds. The van der Waals surface area contributed by atoms with Gasteiger partial charge in [0.15, 0.2) is 0 Å². The third kappa shape index (κ3) is 6.07. The Kier molecular flexibility index (Phi) is 8.21. The van der Waals surface area contributed by atoms with E-state index in [1.165, 1.54) is 6.07 Å². The van der Waals surface area contributed by atoms with Crippen LogP contribution in [0.3, 0.4) is 0 Å². The number of hydrogen-bond acceptors (Lipinski definition) is 6. The first kappa shape index (κ1) is 21.9. The average molecular weight is 396 g/mol. The predicted molar refractivity (Wildman–Crippen MR) is 111 cm³/mol. The fourth-order valence-corrected chi connectivity index (χ4v) is 2.76. The fourth-order valence-electron chi connectivity index (χ4n) is 2.76. The zero-order valence-corrected chi connectivity index (χ0v) is 16.6. The topological polar surface area (TPSA) is 98.9 Å². The van der Waals surface area contributed by atoms with Crippen molar-refractivity contribution in [3.63, 3.8) is 0 Å². The van der Waals surface area contributed by atoms with Gasteiger partial charge in [-0.2, -0.15) is 0 Å². The molecular formula is C22H24N2O5. The quantitative estimate of drug-likeness (QED) is 0.135. The maximum absolute atomic E-state index is 12.8. The molecule has 0 heterocycles. The summed E-state index contributed by atoms with van der Waals surface area (Å²) in [5.74, 6) is -0.823. The second kappa shape index (κ2) is 10.8. The summed E-state index contributed by atoms with van der Waals surface area (Å²) < 4.78 is 0. The number of Topliss-reactive ketones (excluding diaryl/α,β-unsaturated/α-hetero) is 1. The third-order valence-electron chi connectivity index (χ3n) is 4.38. The van der Waals surface area contributed by atoms with E-state index in [0.717, 1.165) is 19.3 Å². The zero-order valence-electron chi connectivity index (χ0n) is 16.6. The molecule has 0 aliphatic carbocycles. The Labute approximate surface area is 169 Å². The number of unbranched alkanes of at least 4 members (excludes halogenated alkanes) is 2. The van der Waals surface area contributed by atoms with E-state index in [1.54, 1.807) is 49.4 Å². The minimum Gasteiger partial charge on any atom is -0.318 e. The molecule has 0 radical (unpaired) electrons. The first-order valence-electron chi connectivity index (χ1n) is 9.63. The second-order valence-electron chi connectivity index (χ2n) is 6.49. The Balaban J connectivity index is 2.26. The van der Waals surface area contributed by atoms with Crippen LogP contribution in [0.15, 0.2) is 53.7 Å². The maximum atomic E-state index is 12.8. The minimum absolute atomic E-state index is 0.000119. The summed E-state index contributed by atoms with van der Waals surface area (Å²) in [6.45, 7) is 3.70. The summed E-state index contributed by atoms with van der Waals surface area (Å²) in [6, 6.07) is 13.0. The Hall–Kier alpha value is -3.35. The van der Waals surface area contributed by atoms with Crippen LogP contribution in [-0.4, -0.2) is 22.4 Å². The van der Waals surface area contributed by atoms with Crippen LogP contribution in [0.5, 0.6) is 0 Å². The van der Waals surface area contributed by atoms with Gasteiger partial charge in [0.1, 0.15) is 5.71 Å². The number of carbonyl (C=O) groups excluding carboxylic acids is 2. The lowest BCUT2D eigenvalue weighted by molar-refractivity contribution is -0.384. The van der Waals surface area contributed by atoms with Crippen molar-refractivity contribution in [1.82, 2.24) is 0 Å². The molecule has 0 aromatic heterocycles. The standard InChI is InChI=1S/C22H24N2O5/c1-3-5-6-10-19(23-29-21(25)4-2)22(26)17-14-12-16(13-15-17)18-9-7-8-11-20(18)24(27)28/h7-9,11-15H,3-6,10H2,1-2H3/b23-19-. The first-order valence-corrected chi connectivity index (χ1v) is 9.63. The third-order valence-corrected chi connectivity index (χ3v) is 4.38. The van der Waals surface area contributed by atoms with Crippen molar-refractivity contribution in [3.05, 3.63) is 64.2 Å². The van der Waals surface area contributed by atoms with Crippen molar-refractivity contribution >= 4 is 23.2 Å². The van der Waals surface area contributed by atoms with Gasteiger partial charge in [-0.3, -0.25) is 14.9 Å². The van der Waals surface area contributed by atoms with Crippen LogP contribution >= 0.6 is 0 Å². The molecule has 0 saturated carbocycles. The number of ketones is 1. The molecule has 2 aromatic rings. The van der Waals surface area contributed by atoms with Gasteiger partial charge in [-0.25, -0.2) is 4.79 Å². The highest BCUT2D eigenvalue weighted by molar-refractivity contribution is 6.45. The van der Waals surface area contributed by atoms with Gasteiger partial charge >= 0.3 is 5.97 Å². The molecule has 2 rings (SSSR count). The van der Waals surface area contributed by atoms with Gasteiger partial charge in [0.05, 0.1) is 10.5 Å². The van der Waals surface area contributed by atoms with Crippen LogP contribution in [0.1, 0.15) is 56.3 Å². The van der Waals surface area contributed by atoms with Gasteiger partial charge in [0.25, 0.3) is 5.69 Å². The van der Waals surface area contributed by atoms with Crippen LogP contribution in [-0.2, 0) is 9.63 Å². The number of nitro groups is 1. The van der Waals surface area contributed by atoms with E-state index >= 15 is 0 Å². The van der Waals surface area contributed by atoms with E-state index in [2.05, 4.69) is 12.1 Å². The summed E-state index contributed by atoms with van der Waals surface area (Å²) in [6.07, 6.45) is 3.27. The smallest absolute Gasteiger partial charge is 0.318 e. The van der Waals surface area contributed by atoms with E-state index in [9.17, 15) is 19.7 Å². The molecule has 2 aromatic carbocycles. The number of benzene rings is 2. The number of nitro benzene ring substituents is 1. The summed E-state index contributed by atoms with van der Waals surface area (Å²) >= 11 is 0. The van der Waals surface area contributed by atoms with Crippen LogP contribution in [0.2, 0.25) is 0 Å². The summed E-state index contributed by atoms with van der Waals surface area (Å²) in [4.78, 5) is 39.8. The SMILES string of the molecule is CCCCC/C(=N/OC(=O)CC)C(=O)c1ccc(-c2ccccc2[N+](=O)[O-])cc1. The number of nitrogens with zero attached hydrogens (tertiary/aromatic N) is 2. The Morgan fingerprint density at radius 1 is 1.03 bits per heavy atom. The number of hydrogen-bond donors (Lipinski definition) is 0. The number of para-hydroxylation sites is 1. The number of rotatable bonds is 10. The van der Waals surface area contributed by atoms with E-state index in [4.69, 9.17) is 4.84 Å². The molecule has 0 aliphatic rings. The van der Waals surface area contributed by atoms with Gasteiger partial charge in [0.2, 0.25) is 5.78 Å². The summed E-state index contributed by atoms with van der Waals surface area (Å²) in [7, 11) is 0. The number of carbonyl (C=O) groups is 2. The predicted octanol–water partition coefficient (Wildman–Crippen LogP) is 5.33. The lowest BCUT2D eigenvalue weighted by Gasteiger charge is -2.07. The number of oxime groups is 1. The molecule has 7 heteroatoms. The van der Waals surface area contributed by atoms with Crippen LogP contribution in [0.25, 0.3) is 11.1 Å². The van der Waals surface area contributed by atoms with Gasteiger partial charge in [0, 0.05) is 18.1 Å². The first-order chi connectivity index (χ1) is 14.0. The molecule has 0 N–H and O–H groups in total. The van der Waals surface area contributed by atoms with Crippen molar-refractivity contribution in [2.75, 3.05) is 0 Å². The van der Waals surface area contributed by atoms with Gasteiger partial charge in [-0.1, -0.05) is 68.2 Å². The molecule has 0 fully saturated rings. The Bertz CT molecular complexity index is 904. The van der Waals surface area contributed by atoms with E-state index in [1.807, 2.05) is 0 Å². The maximum Gasteiger partial charge on any atom is 0.334 e. The molecule has 0 saturated heterocycles. The second-order valence-corrected chi connectivity index (χ2v) is 6.49. The molecule has 0 bridgehead atoms.